The number of fused-ring (bicyclic) bond motifs is 1. The van der Waals surface area contributed by atoms with Gasteiger partial charge in [0.1, 0.15) is 0 Å². The first-order valence-electron chi connectivity index (χ1n) is 9.26. The zero-order valence-corrected chi connectivity index (χ0v) is 16.9. The molecule has 0 saturated carbocycles. The molecule has 2 fully saturated rings. The number of hydrogen-bond donors (Lipinski definition) is 2. The van der Waals surface area contributed by atoms with Crippen molar-refractivity contribution in [2.75, 3.05) is 26.8 Å². The van der Waals surface area contributed by atoms with E-state index in [1.54, 1.807) is 13.1 Å². The molecule has 0 spiro atoms. The number of nitrogens with zero attached hydrogens (tertiary/aromatic N) is 1. The fourth-order valence-corrected chi connectivity index (χ4v) is 4.13. The number of halogens is 2. The zero-order valence-electron chi connectivity index (χ0n) is 15.4. The molecule has 0 aromatic heterocycles. The van der Waals surface area contributed by atoms with E-state index in [1.165, 1.54) is 0 Å². The van der Waals surface area contributed by atoms with Crippen LogP contribution in [0.1, 0.15) is 24.8 Å². The van der Waals surface area contributed by atoms with Crippen molar-refractivity contribution < 1.29 is 19.4 Å². The molecule has 3 rings (SSSR count). The molecule has 1 aromatic carbocycles. The molecule has 8 heteroatoms. The van der Waals surface area contributed by atoms with Gasteiger partial charge in [-0.2, -0.15) is 0 Å². The van der Waals surface area contributed by atoms with Gasteiger partial charge >= 0.3 is 0 Å². The van der Waals surface area contributed by atoms with Crippen molar-refractivity contribution in [2.45, 2.75) is 50.2 Å². The zero-order chi connectivity index (χ0) is 19.4. The number of nitrogens with one attached hydrogen (secondary N) is 1. The third-order valence-electron chi connectivity index (χ3n) is 5.15. The third kappa shape index (κ3) is 5.56. The van der Waals surface area contributed by atoms with Gasteiger partial charge in [0.15, 0.2) is 0 Å². The fraction of sp³-hybridized carbons (Fsp3) is 0.632. The van der Waals surface area contributed by atoms with Crippen LogP contribution in [0.5, 0.6) is 0 Å². The average Bonchev–Trinajstić information content (AvgIpc) is 2.63. The first-order chi connectivity index (χ1) is 13.0. The van der Waals surface area contributed by atoms with E-state index in [0.29, 0.717) is 36.2 Å². The minimum Gasteiger partial charge on any atom is -0.389 e. The van der Waals surface area contributed by atoms with E-state index in [0.717, 1.165) is 18.4 Å². The summed E-state index contributed by atoms with van der Waals surface area (Å²) in [5.41, 5.74) is 1.03. The smallest absolute Gasteiger partial charge is 0.222 e. The van der Waals surface area contributed by atoms with E-state index in [1.807, 2.05) is 12.1 Å². The van der Waals surface area contributed by atoms with E-state index in [4.69, 9.17) is 32.7 Å². The number of hydrogen-bond acceptors (Lipinski definition) is 5. The second-order valence-corrected chi connectivity index (χ2v) is 8.00. The molecule has 1 amide bonds. The summed E-state index contributed by atoms with van der Waals surface area (Å²) in [6.07, 6.45) is 1.23. The highest BCUT2D eigenvalue weighted by atomic mass is 35.5. The van der Waals surface area contributed by atoms with Gasteiger partial charge in [-0.25, -0.2) is 0 Å². The summed E-state index contributed by atoms with van der Waals surface area (Å²) in [5, 5.41) is 13.9. The van der Waals surface area contributed by atoms with Gasteiger partial charge in [-0.15, -0.1) is 0 Å². The summed E-state index contributed by atoms with van der Waals surface area (Å²) < 4.78 is 11.8. The van der Waals surface area contributed by atoms with Gasteiger partial charge < -0.3 is 19.9 Å². The molecule has 0 bridgehead atoms. The number of β-amino-alcohol motifs (C(OH)–C–C–N with tert-alkyl or cyclic N) is 1. The van der Waals surface area contributed by atoms with Crippen molar-refractivity contribution in [1.29, 1.82) is 0 Å². The number of carbonyl (C=O) groups is 1. The molecule has 0 aliphatic carbocycles. The lowest BCUT2D eigenvalue weighted by Crippen LogP contribution is -2.55. The van der Waals surface area contributed by atoms with E-state index in [-0.39, 0.29) is 30.8 Å². The highest BCUT2D eigenvalue weighted by Crippen LogP contribution is 2.30. The van der Waals surface area contributed by atoms with Crippen LogP contribution in [0.4, 0.5) is 0 Å². The molecule has 150 valence electrons. The van der Waals surface area contributed by atoms with Crippen LogP contribution in [0.25, 0.3) is 0 Å². The highest BCUT2D eigenvalue weighted by Gasteiger charge is 2.37. The van der Waals surface area contributed by atoms with Gasteiger partial charge in [0.2, 0.25) is 5.91 Å². The summed E-state index contributed by atoms with van der Waals surface area (Å²) >= 11 is 12.2. The molecular weight excluding hydrogens is 391 g/mol. The van der Waals surface area contributed by atoms with Crippen LogP contribution in [-0.2, 0) is 20.8 Å². The van der Waals surface area contributed by atoms with E-state index < -0.39 is 6.10 Å². The Hall–Kier alpha value is -0.890. The molecule has 2 aliphatic heterocycles. The predicted octanol–water partition coefficient (Wildman–Crippen LogP) is 2.24. The predicted molar refractivity (Wildman–Crippen MR) is 104 cm³/mol. The molecule has 1 aromatic rings. The Morgan fingerprint density at radius 1 is 1.30 bits per heavy atom. The van der Waals surface area contributed by atoms with Crippen LogP contribution in [0.15, 0.2) is 18.2 Å². The monoisotopic (exact) mass is 416 g/mol. The Morgan fingerprint density at radius 3 is 2.85 bits per heavy atom. The van der Waals surface area contributed by atoms with E-state index in [2.05, 4.69) is 10.2 Å². The number of aliphatic hydroxyl groups is 1. The van der Waals surface area contributed by atoms with Crippen LogP contribution in [0, 0.1) is 0 Å². The number of aliphatic hydroxyl groups excluding tert-OH is 1. The molecular formula is C19H26Cl2N2O4. The summed E-state index contributed by atoms with van der Waals surface area (Å²) in [7, 11) is 1.63. The molecule has 2 heterocycles. The van der Waals surface area contributed by atoms with Crippen molar-refractivity contribution in [3.63, 3.8) is 0 Å². The molecule has 6 nitrogen and oxygen atoms in total. The molecule has 27 heavy (non-hydrogen) atoms. The maximum absolute atomic E-state index is 11.7. The third-order valence-corrected chi connectivity index (χ3v) is 5.89. The quantitative estimate of drug-likeness (QED) is 0.787. The first kappa shape index (κ1) is 20.8. The summed E-state index contributed by atoms with van der Waals surface area (Å²) in [6.45, 7) is 1.80. The molecule has 0 radical (unpaired) electrons. The van der Waals surface area contributed by atoms with E-state index in [9.17, 15) is 9.90 Å². The van der Waals surface area contributed by atoms with Crippen molar-refractivity contribution in [1.82, 2.24) is 10.2 Å². The molecule has 2 aliphatic rings. The highest BCUT2D eigenvalue weighted by molar-refractivity contribution is 6.42. The summed E-state index contributed by atoms with van der Waals surface area (Å²) in [4.78, 5) is 13.9. The van der Waals surface area contributed by atoms with Crippen molar-refractivity contribution in [2.24, 2.45) is 0 Å². The van der Waals surface area contributed by atoms with Gasteiger partial charge in [0.05, 0.1) is 48.0 Å². The van der Waals surface area contributed by atoms with Gasteiger partial charge in [-0.05, 0) is 30.5 Å². The maximum atomic E-state index is 11.7. The number of ether oxygens (including phenoxy) is 2. The lowest BCUT2D eigenvalue weighted by atomic mass is 9.94. The van der Waals surface area contributed by atoms with Crippen LogP contribution >= 0.6 is 23.2 Å². The Balaban J connectivity index is 1.73. The SMILES string of the molecule is CNC(=O)C[C@@H]1CC[C@@H]2[C@H](COC[C@@H](O)CN2Cc2ccc(Cl)c(Cl)c2)O1. The Labute approximate surface area is 169 Å². The molecule has 4 atom stereocenters. The van der Waals surface area contributed by atoms with Crippen molar-refractivity contribution >= 4 is 29.1 Å². The number of amides is 1. The van der Waals surface area contributed by atoms with Crippen molar-refractivity contribution in [3.8, 4) is 0 Å². The minimum absolute atomic E-state index is 0.0201. The van der Waals surface area contributed by atoms with Crippen LogP contribution < -0.4 is 5.32 Å². The minimum atomic E-state index is -0.558. The van der Waals surface area contributed by atoms with Crippen LogP contribution in [0.3, 0.4) is 0 Å². The Bertz CT molecular complexity index is 661. The summed E-state index contributed by atoms with van der Waals surface area (Å²) in [6, 6.07) is 5.70. The lowest BCUT2D eigenvalue weighted by Gasteiger charge is -2.44. The molecule has 2 N–H and O–H groups in total. The van der Waals surface area contributed by atoms with Gasteiger partial charge in [-0.1, -0.05) is 29.3 Å². The second kappa shape index (κ2) is 9.54. The standard InChI is InChI=1S/C19H26Cl2N2O4/c1-22-19(25)7-14-3-5-17-18(27-14)11-26-10-13(24)9-23(17)8-12-2-4-15(20)16(21)6-12/h2,4,6,13-14,17-18,24H,3,5,7-11H2,1H3,(H,22,25)/t13-,14-,17+,18-/m0/s1. The van der Waals surface area contributed by atoms with Crippen LogP contribution in [-0.4, -0.2) is 67.1 Å². The van der Waals surface area contributed by atoms with Gasteiger partial charge in [0.25, 0.3) is 0 Å². The normalized spacial score (nSPS) is 29.5. The van der Waals surface area contributed by atoms with Gasteiger partial charge in [-0.3, -0.25) is 9.69 Å². The Morgan fingerprint density at radius 2 is 2.11 bits per heavy atom. The average molecular weight is 417 g/mol. The topological polar surface area (TPSA) is 71.0 Å². The van der Waals surface area contributed by atoms with Crippen LogP contribution in [0.2, 0.25) is 10.0 Å². The number of rotatable bonds is 4. The lowest BCUT2D eigenvalue weighted by molar-refractivity contribution is -0.158. The first-order valence-corrected chi connectivity index (χ1v) is 10.0. The van der Waals surface area contributed by atoms with Crippen molar-refractivity contribution in [3.05, 3.63) is 33.8 Å². The second-order valence-electron chi connectivity index (χ2n) is 7.19. The molecule has 0 unspecified atom stereocenters. The molecule has 2 saturated heterocycles. The van der Waals surface area contributed by atoms with E-state index >= 15 is 0 Å². The fourth-order valence-electron chi connectivity index (χ4n) is 3.81. The number of carbonyl (C=O) groups excluding carboxylic acids is 1. The maximum Gasteiger partial charge on any atom is 0.222 e. The number of benzene rings is 1. The summed E-state index contributed by atoms with van der Waals surface area (Å²) in [5.74, 6) is -0.0201. The van der Waals surface area contributed by atoms with Gasteiger partial charge in [0, 0.05) is 26.2 Å². The Kier molecular flexibility index (Phi) is 7.36. The largest absolute Gasteiger partial charge is 0.389 e.